The van der Waals surface area contributed by atoms with Crippen LogP contribution in [0.4, 0.5) is 10.1 Å². The zero-order valence-electron chi connectivity index (χ0n) is 21.4. The Morgan fingerprint density at radius 3 is 2.67 bits per heavy atom. The SMILES string of the molecule is C=CCn1c(SCC(=O)Nc2ccc(-c3nc4ccc(C)cc4s3)cc2)nnc1C(C)Oc1ccc(F)cc1. The fraction of sp³-hybridized carbons (Fsp3) is 0.172. The molecule has 0 saturated carbocycles. The number of thioether (sulfide) groups is 1. The van der Waals surface area contributed by atoms with Crippen molar-refractivity contribution in [2.24, 2.45) is 0 Å². The van der Waals surface area contributed by atoms with E-state index < -0.39 is 6.10 Å². The largest absolute Gasteiger partial charge is 0.483 e. The third-order valence-electron chi connectivity index (χ3n) is 5.84. The van der Waals surface area contributed by atoms with Crippen LogP contribution in [-0.4, -0.2) is 31.4 Å². The molecule has 0 aliphatic carbocycles. The van der Waals surface area contributed by atoms with Gasteiger partial charge >= 0.3 is 0 Å². The fourth-order valence-corrected chi connectivity index (χ4v) is 5.78. The Kier molecular flexibility index (Phi) is 8.04. The molecule has 0 bridgehead atoms. The van der Waals surface area contributed by atoms with Crippen LogP contribution in [0.1, 0.15) is 24.4 Å². The monoisotopic (exact) mass is 559 g/mol. The van der Waals surface area contributed by atoms with Gasteiger partial charge in [0.05, 0.1) is 16.0 Å². The Balaban J connectivity index is 1.20. The maximum absolute atomic E-state index is 13.2. The van der Waals surface area contributed by atoms with E-state index >= 15 is 0 Å². The zero-order chi connectivity index (χ0) is 27.4. The van der Waals surface area contributed by atoms with Crippen LogP contribution >= 0.6 is 23.1 Å². The second-order valence-corrected chi connectivity index (χ2v) is 10.8. The molecule has 0 fully saturated rings. The second kappa shape index (κ2) is 11.8. The number of thiazole rings is 1. The number of benzene rings is 3. The minimum Gasteiger partial charge on any atom is -0.483 e. The van der Waals surface area contributed by atoms with Crippen LogP contribution in [0.3, 0.4) is 0 Å². The first-order valence-corrected chi connectivity index (χ1v) is 14.1. The minimum atomic E-state index is -0.441. The molecule has 2 heterocycles. The lowest BCUT2D eigenvalue weighted by Crippen LogP contribution is -2.15. The van der Waals surface area contributed by atoms with Crippen LogP contribution in [0.5, 0.6) is 5.75 Å². The number of carbonyl (C=O) groups excluding carboxylic acids is 1. The van der Waals surface area contributed by atoms with E-state index in [1.165, 1.54) is 29.5 Å². The van der Waals surface area contributed by atoms with Gasteiger partial charge in [0, 0.05) is 17.8 Å². The third kappa shape index (κ3) is 6.35. The Morgan fingerprint density at radius 2 is 1.92 bits per heavy atom. The molecule has 0 saturated heterocycles. The van der Waals surface area contributed by atoms with Crippen molar-refractivity contribution < 1.29 is 13.9 Å². The molecule has 0 spiro atoms. The summed E-state index contributed by atoms with van der Waals surface area (Å²) >= 11 is 2.93. The topological polar surface area (TPSA) is 81.9 Å². The first kappa shape index (κ1) is 26.6. The van der Waals surface area contributed by atoms with Crippen molar-refractivity contribution in [2.75, 3.05) is 11.1 Å². The van der Waals surface area contributed by atoms with Gasteiger partial charge < -0.3 is 10.1 Å². The number of amides is 1. The minimum absolute atomic E-state index is 0.154. The average Bonchev–Trinajstić information content (AvgIpc) is 3.53. The van der Waals surface area contributed by atoms with Gasteiger partial charge in [0.2, 0.25) is 5.91 Å². The number of aryl methyl sites for hydroxylation is 1. The normalized spacial score (nSPS) is 11.9. The van der Waals surface area contributed by atoms with Crippen LogP contribution < -0.4 is 10.1 Å². The summed E-state index contributed by atoms with van der Waals surface area (Å²) in [6.45, 7) is 8.18. The molecule has 0 radical (unpaired) electrons. The maximum atomic E-state index is 13.2. The van der Waals surface area contributed by atoms with Crippen LogP contribution in [0.25, 0.3) is 20.8 Å². The maximum Gasteiger partial charge on any atom is 0.234 e. The third-order valence-corrected chi connectivity index (χ3v) is 7.87. The summed E-state index contributed by atoms with van der Waals surface area (Å²) in [5.74, 6) is 0.772. The van der Waals surface area contributed by atoms with E-state index in [-0.39, 0.29) is 17.5 Å². The highest BCUT2D eigenvalue weighted by Gasteiger charge is 2.20. The lowest BCUT2D eigenvalue weighted by atomic mass is 10.2. The van der Waals surface area contributed by atoms with Crippen LogP contribution in [-0.2, 0) is 11.3 Å². The molecule has 7 nitrogen and oxygen atoms in total. The van der Waals surface area contributed by atoms with Gasteiger partial charge in [-0.1, -0.05) is 23.9 Å². The number of allylic oxidation sites excluding steroid dienone is 1. The number of carbonyl (C=O) groups is 1. The smallest absolute Gasteiger partial charge is 0.234 e. The predicted molar refractivity (Wildman–Crippen MR) is 155 cm³/mol. The Bertz CT molecular complexity index is 1610. The van der Waals surface area contributed by atoms with Gasteiger partial charge in [-0.15, -0.1) is 28.1 Å². The summed E-state index contributed by atoms with van der Waals surface area (Å²) in [6.07, 6.45) is 1.29. The number of ether oxygens (including phenoxy) is 1. The Morgan fingerprint density at radius 1 is 1.15 bits per heavy atom. The summed E-state index contributed by atoms with van der Waals surface area (Å²) in [5, 5.41) is 13.0. The molecule has 39 heavy (non-hydrogen) atoms. The Labute approximate surface area is 233 Å². The summed E-state index contributed by atoms with van der Waals surface area (Å²) in [6, 6.07) is 19.7. The summed E-state index contributed by atoms with van der Waals surface area (Å²) in [7, 11) is 0. The molecule has 1 unspecified atom stereocenters. The van der Waals surface area contributed by atoms with Crippen molar-refractivity contribution in [1.29, 1.82) is 0 Å². The number of anilines is 1. The van der Waals surface area contributed by atoms with Gasteiger partial charge in [0.15, 0.2) is 17.1 Å². The van der Waals surface area contributed by atoms with E-state index in [4.69, 9.17) is 9.72 Å². The first-order chi connectivity index (χ1) is 18.9. The summed E-state index contributed by atoms with van der Waals surface area (Å²) in [5.41, 5.74) is 3.90. The van der Waals surface area contributed by atoms with Crippen molar-refractivity contribution in [3.63, 3.8) is 0 Å². The van der Waals surface area contributed by atoms with Gasteiger partial charge in [0.25, 0.3) is 0 Å². The molecule has 0 aliphatic heterocycles. The predicted octanol–water partition coefficient (Wildman–Crippen LogP) is 7.06. The lowest BCUT2D eigenvalue weighted by Gasteiger charge is -2.15. The molecule has 10 heteroatoms. The van der Waals surface area contributed by atoms with Crippen molar-refractivity contribution >= 4 is 44.9 Å². The number of fused-ring (bicyclic) bond motifs is 1. The molecule has 5 aromatic rings. The van der Waals surface area contributed by atoms with Gasteiger partial charge in [-0.25, -0.2) is 9.37 Å². The number of halogens is 1. The molecule has 2 aromatic heterocycles. The number of rotatable bonds is 10. The molecular weight excluding hydrogens is 533 g/mol. The summed E-state index contributed by atoms with van der Waals surface area (Å²) in [4.78, 5) is 17.4. The van der Waals surface area contributed by atoms with Crippen molar-refractivity contribution in [2.45, 2.75) is 31.7 Å². The van der Waals surface area contributed by atoms with E-state index in [9.17, 15) is 9.18 Å². The van der Waals surface area contributed by atoms with E-state index in [0.29, 0.717) is 29.0 Å². The highest BCUT2D eigenvalue weighted by atomic mass is 32.2. The highest BCUT2D eigenvalue weighted by molar-refractivity contribution is 7.99. The molecule has 1 amide bonds. The van der Waals surface area contributed by atoms with E-state index in [1.54, 1.807) is 29.5 Å². The zero-order valence-corrected chi connectivity index (χ0v) is 23.1. The fourth-order valence-electron chi connectivity index (χ4n) is 3.96. The van der Waals surface area contributed by atoms with E-state index in [1.807, 2.05) is 41.8 Å². The number of hydrogen-bond donors (Lipinski definition) is 1. The number of hydrogen-bond acceptors (Lipinski definition) is 7. The van der Waals surface area contributed by atoms with Gasteiger partial charge in [-0.2, -0.15) is 0 Å². The molecule has 198 valence electrons. The lowest BCUT2D eigenvalue weighted by molar-refractivity contribution is -0.113. The number of aromatic nitrogens is 4. The van der Waals surface area contributed by atoms with Crippen molar-refractivity contribution in [3.8, 4) is 16.3 Å². The average molecular weight is 560 g/mol. The Hall–Kier alpha value is -4.02. The molecule has 1 N–H and O–H groups in total. The van der Waals surface area contributed by atoms with Crippen molar-refractivity contribution in [3.05, 3.63) is 96.6 Å². The van der Waals surface area contributed by atoms with Gasteiger partial charge in [-0.3, -0.25) is 9.36 Å². The number of nitrogens with one attached hydrogen (secondary N) is 1. The van der Waals surface area contributed by atoms with Gasteiger partial charge in [0.1, 0.15) is 16.6 Å². The van der Waals surface area contributed by atoms with Crippen LogP contribution in [0, 0.1) is 12.7 Å². The molecule has 0 aliphatic rings. The van der Waals surface area contributed by atoms with Crippen LogP contribution in [0.2, 0.25) is 0 Å². The highest BCUT2D eigenvalue weighted by Crippen LogP contribution is 2.31. The number of nitrogens with zero attached hydrogens (tertiary/aromatic N) is 4. The summed E-state index contributed by atoms with van der Waals surface area (Å²) < 4.78 is 22.1. The van der Waals surface area contributed by atoms with E-state index in [2.05, 4.69) is 41.1 Å². The quantitative estimate of drug-likeness (QED) is 0.146. The molecule has 5 rings (SSSR count). The van der Waals surface area contributed by atoms with Crippen LogP contribution in [0.15, 0.2) is 84.5 Å². The first-order valence-electron chi connectivity index (χ1n) is 12.3. The van der Waals surface area contributed by atoms with Crippen molar-refractivity contribution in [1.82, 2.24) is 19.7 Å². The van der Waals surface area contributed by atoms with Gasteiger partial charge in [-0.05, 0) is 80.1 Å². The molecular formula is C29H26FN5O2S2. The molecule has 1 atom stereocenters. The standard InChI is InChI=1S/C29H26FN5O2S2/c1-4-15-35-27(19(3)37-23-12-8-21(30)9-13-23)33-34-29(35)38-17-26(36)31-22-10-6-20(7-11-22)28-32-24-14-5-18(2)16-25(24)39-28/h4-14,16,19H,1,15,17H2,2-3H3,(H,31,36). The van der Waals surface area contributed by atoms with E-state index in [0.717, 1.165) is 20.8 Å². The second-order valence-electron chi connectivity index (χ2n) is 8.86. The molecule has 3 aromatic carbocycles.